The molecule has 122 valence electrons. The number of carbonyl (C=O) groups excluding carboxylic acids is 1. The summed E-state index contributed by atoms with van der Waals surface area (Å²) >= 11 is 0. The molecular formula is C17H22N4O2. The van der Waals surface area contributed by atoms with Crippen molar-refractivity contribution in [3.8, 4) is 0 Å². The monoisotopic (exact) mass is 314 g/mol. The second-order valence-electron chi connectivity index (χ2n) is 6.32. The number of hydrogen-bond donors (Lipinski definition) is 4. The summed E-state index contributed by atoms with van der Waals surface area (Å²) in [5.41, 5.74) is 7.87. The predicted molar refractivity (Wildman–Crippen MR) is 89.3 cm³/mol. The van der Waals surface area contributed by atoms with Crippen LogP contribution in [-0.4, -0.2) is 30.3 Å². The fraction of sp³-hybridized carbons (Fsp3) is 0.412. The smallest absolute Gasteiger partial charge is 0.271 e. The van der Waals surface area contributed by atoms with Crippen LogP contribution in [0.2, 0.25) is 0 Å². The fourth-order valence-corrected chi connectivity index (χ4v) is 2.61. The number of benzene rings is 1. The van der Waals surface area contributed by atoms with Gasteiger partial charge in [-0.1, -0.05) is 26.0 Å². The van der Waals surface area contributed by atoms with E-state index < -0.39 is 5.91 Å². The van der Waals surface area contributed by atoms with Gasteiger partial charge in [0.2, 0.25) is 0 Å². The van der Waals surface area contributed by atoms with Crippen molar-refractivity contribution in [2.75, 3.05) is 11.9 Å². The Morgan fingerprint density at radius 2 is 2.13 bits per heavy atom. The molecule has 6 heteroatoms. The molecule has 3 atom stereocenters. The highest BCUT2D eigenvalue weighted by molar-refractivity contribution is 6.08. The second kappa shape index (κ2) is 6.14. The number of hydrogen-bond acceptors (Lipinski definition) is 5. The van der Waals surface area contributed by atoms with Crippen molar-refractivity contribution in [3.63, 3.8) is 0 Å². The fourth-order valence-electron chi connectivity index (χ4n) is 2.61. The highest BCUT2D eigenvalue weighted by atomic mass is 16.5. The highest BCUT2D eigenvalue weighted by Crippen LogP contribution is 2.39. The summed E-state index contributed by atoms with van der Waals surface area (Å²) in [6.45, 7) is 4.70. The van der Waals surface area contributed by atoms with Gasteiger partial charge in [0, 0.05) is 17.9 Å². The molecule has 3 rings (SSSR count). The zero-order valence-electron chi connectivity index (χ0n) is 13.3. The van der Waals surface area contributed by atoms with Crippen molar-refractivity contribution >= 4 is 17.3 Å². The molecule has 1 aromatic rings. The first kappa shape index (κ1) is 15.7. The maximum atomic E-state index is 12.0. The van der Waals surface area contributed by atoms with E-state index in [0.29, 0.717) is 23.5 Å². The van der Waals surface area contributed by atoms with E-state index in [9.17, 15) is 4.79 Å². The van der Waals surface area contributed by atoms with Crippen LogP contribution in [0.15, 0.2) is 36.0 Å². The van der Waals surface area contributed by atoms with Crippen molar-refractivity contribution in [1.29, 1.82) is 5.41 Å². The number of ether oxygens (including phenoxy) is 1. The normalized spacial score (nSPS) is 26.0. The van der Waals surface area contributed by atoms with Gasteiger partial charge in [-0.2, -0.15) is 0 Å². The van der Waals surface area contributed by atoms with Crippen molar-refractivity contribution in [2.45, 2.75) is 32.1 Å². The third-order valence-corrected chi connectivity index (χ3v) is 4.30. The molecule has 2 saturated heterocycles. The lowest BCUT2D eigenvalue weighted by Crippen LogP contribution is -2.69. The Kier molecular flexibility index (Phi) is 4.19. The first-order chi connectivity index (χ1) is 11.0. The van der Waals surface area contributed by atoms with Gasteiger partial charge < -0.3 is 26.5 Å². The van der Waals surface area contributed by atoms with E-state index in [-0.39, 0.29) is 17.7 Å². The number of morpholine rings is 1. The molecule has 1 aromatic carbocycles. The van der Waals surface area contributed by atoms with E-state index in [1.165, 1.54) is 6.08 Å². The second-order valence-corrected chi connectivity index (χ2v) is 6.32. The molecule has 0 radical (unpaired) electrons. The van der Waals surface area contributed by atoms with Crippen molar-refractivity contribution in [1.82, 2.24) is 5.32 Å². The van der Waals surface area contributed by atoms with Gasteiger partial charge in [0.1, 0.15) is 6.10 Å². The van der Waals surface area contributed by atoms with Gasteiger partial charge in [0.15, 0.2) is 0 Å². The molecule has 0 aliphatic carbocycles. The van der Waals surface area contributed by atoms with Crippen LogP contribution >= 0.6 is 0 Å². The number of allylic oxidation sites excluding steroid dienone is 1. The Balaban J connectivity index is 1.59. The third-order valence-electron chi connectivity index (χ3n) is 4.30. The average Bonchev–Trinajstić information content (AvgIpc) is 2.50. The molecular weight excluding hydrogens is 292 g/mol. The van der Waals surface area contributed by atoms with Crippen LogP contribution in [0.5, 0.6) is 0 Å². The number of rotatable bonds is 5. The predicted octanol–water partition coefficient (Wildman–Crippen LogP) is 1.56. The van der Waals surface area contributed by atoms with E-state index in [2.05, 4.69) is 10.6 Å². The number of carbonyl (C=O) groups is 1. The molecule has 2 aliphatic heterocycles. The quantitative estimate of drug-likeness (QED) is 0.489. The number of nitrogens with two attached hydrogens (primary N) is 1. The third kappa shape index (κ3) is 3.13. The van der Waals surface area contributed by atoms with Crippen molar-refractivity contribution in [2.24, 2.45) is 11.7 Å². The lowest BCUT2D eigenvalue weighted by molar-refractivity contribution is -0.203. The van der Waals surface area contributed by atoms with Crippen LogP contribution in [0.1, 0.15) is 25.5 Å². The SMILES string of the molecule is CC(C)C(=N)/C=C(\N)C(=O)Nc1ccc([C@@H]2OC3CN[C@H]32)cc1. The molecule has 2 aliphatic rings. The van der Waals surface area contributed by atoms with Gasteiger partial charge in [0.25, 0.3) is 5.91 Å². The Bertz CT molecular complexity index is 651. The Hall–Kier alpha value is -2.18. The van der Waals surface area contributed by atoms with E-state index in [0.717, 1.165) is 12.1 Å². The van der Waals surface area contributed by atoms with Crippen LogP contribution in [0.25, 0.3) is 0 Å². The van der Waals surface area contributed by atoms with Gasteiger partial charge in [-0.05, 0) is 29.7 Å². The molecule has 0 bridgehead atoms. The van der Waals surface area contributed by atoms with Crippen LogP contribution in [0, 0.1) is 11.3 Å². The summed E-state index contributed by atoms with van der Waals surface area (Å²) in [7, 11) is 0. The molecule has 0 saturated carbocycles. The van der Waals surface area contributed by atoms with Crippen LogP contribution < -0.4 is 16.4 Å². The maximum Gasteiger partial charge on any atom is 0.271 e. The summed E-state index contributed by atoms with van der Waals surface area (Å²) in [6.07, 6.45) is 1.87. The minimum atomic E-state index is -0.399. The standard InChI is InChI=1S/C17H22N4O2/c1-9(2)12(18)7-13(19)17(22)21-11-5-3-10(4-6-11)16-15-14(23-16)8-20-15/h3-7,9,14-16,18,20H,8,19H2,1-2H3,(H,21,22)/b13-7-,18-12?/t14?,15-,16+/m1/s1. The van der Waals surface area contributed by atoms with Crippen molar-refractivity contribution in [3.05, 3.63) is 41.6 Å². The van der Waals surface area contributed by atoms with Crippen LogP contribution in [0.4, 0.5) is 5.69 Å². The average molecular weight is 314 g/mol. The molecule has 6 nitrogen and oxygen atoms in total. The molecule has 1 unspecified atom stereocenters. The number of anilines is 1. The number of amides is 1. The van der Waals surface area contributed by atoms with E-state index in [4.69, 9.17) is 15.9 Å². The molecule has 5 N–H and O–H groups in total. The van der Waals surface area contributed by atoms with E-state index >= 15 is 0 Å². The van der Waals surface area contributed by atoms with Gasteiger partial charge in [-0.15, -0.1) is 0 Å². The highest BCUT2D eigenvalue weighted by Gasteiger charge is 2.49. The van der Waals surface area contributed by atoms with Gasteiger partial charge in [-0.3, -0.25) is 4.79 Å². The lowest BCUT2D eigenvalue weighted by atomic mass is 9.86. The summed E-state index contributed by atoms with van der Waals surface area (Å²) in [4.78, 5) is 12.0. The lowest BCUT2D eigenvalue weighted by Gasteiger charge is -2.53. The minimum absolute atomic E-state index is 0.0343. The largest absolute Gasteiger partial charge is 0.394 e. The van der Waals surface area contributed by atoms with Gasteiger partial charge >= 0.3 is 0 Å². The minimum Gasteiger partial charge on any atom is -0.394 e. The first-order valence-electron chi connectivity index (χ1n) is 7.81. The van der Waals surface area contributed by atoms with Crippen LogP contribution in [0.3, 0.4) is 0 Å². The topological polar surface area (TPSA) is 100 Å². The van der Waals surface area contributed by atoms with Crippen LogP contribution in [-0.2, 0) is 9.53 Å². The zero-order chi connectivity index (χ0) is 16.6. The summed E-state index contributed by atoms with van der Waals surface area (Å²) in [5.74, 6) is -0.365. The molecule has 2 heterocycles. The summed E-state index contributed by atoms with van der Waals surface area (Å²) in [6, 6.07) is 8.00. The maximum absolute atomic E-state index is 12.0. The number of nitrogens with one attached hydrogen (secondary N) is 3. The van der Waals surface area contributed by atoms with E-state index in [1.807, 2.05) is 38.1 Å². The number of fused-ring (bicyclic) bond motifs is 1. The molecule has 2 fully saturated rings. The molecule has 23 heavy (non-hydrogen) atoms. The molecule has 1 amide bonds. The summed E-state index contributed by atoms with van der Waals surface area (Å²) in [5, 5.41) is 13.8. The Morgan fingerprint density at radius 1 is 1.43 bits per heavy atom. The molecule has 0 aromatic heterocycles. The Labute approximate surface area is 135 Å². The molecule has 0 spiro atoms. The van der Waals surface area contributed by atoms with Gasteiger partial charge in [-0.25, -0.2) is 0 Å². The van der Waals surface area contributed by atoms with Crippen molar-refractivity contribution < 1.29 is 9.53 Å². The summed E-state index contributed by atoms with van der Waals surface area (Å²) < 4.78 is 5.75. The zero-order valence-corrected chi connectivity index (χ0v) is 13.3. The van der Waals surface area contributed by atoms with E-state index in [1.54, 1.807) is 0 Å². The Morgan fingerprint density at radius 3 is 2.61 bits per heavy atom. The van der Waals surface area contributed by atoms with Gasteiger partial charge in [0.05, 0.1) is 17.8 Å². The first-order valence-corrected chi connectivity index (χ1v) is 7.81.